The molecule has 0 bridgehead atoms. The van der Waals surface area contributed by atoms with Crippen molar-refractivity contribution in [3.05, 3.63) is 33.8 Å². The highest BCUT2D eigenvalue weighted by Gasteiger charge is 2.05. The van der Waals surface area contributed by atoms with Crippen molar-refractivity contribution in [3.63, 3.8) is 0 Å². The van der Waals surface area contributed by atoms with Crippen LogP contribution in [0.1, 0.15) is 30.9 Å². The fourth-order valence-electron chi connectivity index (χ4n) is 1.25. The van der Waals surface area contributed by atoms with Crippen LogP contribution in [0.3, 0.4) is 0 Å². The normalized spacial score (nSPS) is 10.8. The van der Waals surface area contributed by atoms with Crippen LogP contribution in [-0.2, 0) is 5.88 Å². The summed E-state index contributed by atoms with van der Waals surface area (Å²) in [6.45, 7) is 4.36. The van der Waals surface area contributed by atoms with Crippen LogP contribution >= 0.6 is 27.5 Å². The van der Waals surface area contributed by atoms with Crippen molar-refractivity contribution in [1.82, 2.24) is 0 Å². The Morgan fingerprint density at radius 3 is 2.58 bits per heavy atom. The molecule has 0 saturated carbocycles. The van der Waals surface area contributed by atoms with Crippen LogP contribution in [0, 0.1) is 0 Å². The molecule has 0 unspecified atom stereocenters. The first-order valence-corrected chi connectivity index (χ1v) is 5.32. The van der Waals surface area contributed by atoms with Crippen molar-refractivity contribution < 1.29 is 0 Å². The summed E-state index contributed by atoms with van der Waals surface area (Å²) in [5.74, 6) is 1.14. The Bertz CT molecular complexity index is 269. The second-order valence-corrected chi connectivity index (χ2v) is 4.31. The van der Waals surface area contributed by atoms with E-state index in [9.17, 15) is 0 Å². The molecule has 1 rings (SSSR count). The van der Waals surface area contributed by atoms with Gasteiger partial charge in [-0.3, -0.25) is 0 Å². The lowest BCUT2D eigenvalue weighted by Gasteiger charge is -2.10. The minimum atomic E-state index is 0.548. The zero-order chi connectivity index (χ0) is 9.14. The zero-order valence-electron chi connectivity index (χ0n) is 7.27. The van der Waals surface area contributed by atoms with Gasteiger partial charge in [-0.25, -0.2) is 0 Å². The van der Waals surface area contributed by atoms with Gasteiger partial charge in [0.1, 0.15) is 0 Å². The van der Waals surface area contributed by atoms with Crippen LogP contribution in [0.25, 0.3) is 0 Å². The second-order valence-electron chi connectivity index (χ2n) is 3.13. The lowest BCUT2D eigenvalue weighted by molar-refractivity contribution is 0.854. The van der Waals surface area contributed by atoms with Crippen LogP contribution in [-0.4, -0.2) is 0 Å². The van der Waals surface area contributed by atoms with Gasteiger partial charge in [0, 0.05) is 10.4 Å². The minimum absolute atomic E-state index is 0.548. The van der Waals surface area contributed by atoms with E-state index in [-0.39, 0.29) is 0 Å². The molecular formula is C10H12BrCl. The van der Waals surface area contributed by atoms with Crippen LogP contribution < -0.4 is 0 Å². The van der Waals surface area contributed by atoms with Crippen molar-refractivity contribution >= 4 is 27.5 Å². The van der Waals surface area contributed by atoms with Crippen molar-refractivity contribution in [3.8, 4) is 0 Å². The molecule has 0 N–H and O–H groups in total. The SMILES string of the molecule is CC(C)c1ccc(Br)cc1CCl. The highest BCUT2D eigenvalue weighted by molar-refractivity contribution is 9.10. The molecule has 0 spiro atoms. The summed E-state index contributed by atoms with van der Waals surface area (Å²) >= 11 is 9.25. The number of rotatable bonds is 2. The van der Waals surface area contributed by atoms with Crippen LogP contribution in [0.5, 0.6) is 0 Å². The van der Waals surface area contributed by atoms with Crippen LogP contribution in [0.4, 0.5) is 0 Å². The number of hydrogen-bond donors (Lipinski definition) is 0. The van der Waals surface area contributed by atoms with Crippen LogP contribution in [0.15, 0.2) is 22.7 Å². The van der Waals surface area contributed by atoms with Crippen molar-refractivity contribution in [2.24, 2.45) is 0 Å². The molecule has 0 aliphatic carbocycles. The Labute approximate surface area is 87.1 Å². The first kappa shape index (κ1) is 10.1. The number of hydrogen-bond acceptors (Lipinski definition) is 0. The van der Waals surface area contributed by atoms with E-state index in [0.29, 0.717) is 11.8 Å². The molecule has 0 fully saturated rings. The molecular weight excluding hydrogens is 235 g/mol. The van der Waals surface area contributed by atoms with E-state index in [0.717, 1.165) is 4.47 Å². The molecule has 66 valence electrons. The third-order valence-electron chi connectivity index (χ3n) is 1.87. The first-order valence-electron chi connectivity index (χ1n) is 3.99. The Hall–Kier alpha value is -0.0100. The van der Waals surface area contributed by atoms with Gasteiger partial charge in [-0.2, -0.15) is 0 Å². The maximum absolute atomic E-state index is 5.83. The first-order chi connectivity index (χ1) is 5.65. The van der Waals surface area contributed by atoms with E-state index in [1.54, 1.807) is 0 Å². The van der Waals surface area contributed by atoms with E-state index >= 15 is 0 Å². The van der Waals surface area contributed by atoms with Crippen molar-refractivity contribution in [2.75, 3.05) is 0 Å². The molecule has 0 heterocycles. The fraction of sp³-hybridized carbons (Fsp3) is 0.400. The van der Waals surface area contributed by atoms with Crippen molar-refractivity contribution in [1.29, 1.82) is 0 Å². The highest BCUT2D eigenvalue weighted by Crippen LogP contribution is 2.24. The van der Waals surface area contributed by atoms with Gasteiger partial charge >= 0.3 is 0 Å². The Morgan fingerprint density at radius 1 is 1.42 bits per heavy atom. The highest BCUT2D eigenvalue weighted by atomic mass is 79.9. The maximum atomic E-state index is 5.83. The average Bonchev–Trinajstić information content (AvgIpc) is 2.03. The van der Waals surface area contributed by atoms with Gasteiger partial charge in [-0.1, -0.05) is 35.8 Å². The predicted molar refractivity (Wildman–Crippen MR) is 57.8 cm³/mol. The maximum Gasteiger partial charge on any atom is 0.0477 e. The molecule has 1 aromatic carbocycles. The summed E-state index contributed by atoms with van der Waals surface area (Å²) in [6, 6.07) is 6.28. The van der Waals surface area contributed by atoms with Crippen molar-refractivity contribution in [2.45, 2.75) is 25.6 Å². The molecule has 0 saturated heterocycles. The minimum Gasteiger partial charge on any atom is -0.122 e. The smallest absolute Gasteiger partial charge is 0.0477 e. The third-order valence-corrected chi connectivity index (χ3v) is 2.65. The lowest BCUT2D eigenvalue weighted by Crippen LogP contribution is -1.93. The molecule has 0 aromatic heterocycles. The summed E-state index contributed by atoms with van der Waals surface area (Å²) in [5, 5.41) is 0. The van der Waals surface area contributed by atoms with E-state index in [1.165, 1.54) is 11.1 Å². The van der Waals surface area contributed by atoms with E-state index in [4.69, 9.17) is 11.6 Å². The van der Waals surface area contributed by atoms with Gasteiger partial charge in [0.15, 0.2) is 0 Å². The second kappa shape index (κ2) is 4.29. The van der Waals surface area contributed by atoms with Gasteiger partial charge in [-0.15, -0.1) is 11.6 Å². The molecule has 0 aliphatic rings. The summed E-state index contributed by atoms with van der Waals surface area (Å²) in [5.41, 5.74) is 2.56. The van der Waals surface area contributed by atoms with Gasteiger partial charge in [0.05, 0.1) is 0 Å². The fourth-order valence-corrected chi connectivity index (χ4v) is 1.89. The van der Waals surface area contributed by atoms with Gasteiger partial charge in [0.2, 0.25) is 0 Å². The molecule has 0 aliphatic heterocycles. The number of halogens is 2. The van der Waals surface area contributed by atoms with Crippen LogP contribution in [0.2, 0.25) is 0 Å². The number of alkyl halides is 1. The standard InChI is InChI=1S/C10H12BrCl/c1-7(2)10-4-3-9(11)5-8(10)6-12/h3-5,7H,6H2,1-2H3. The van der Waals surface area contributed by atoms with E-state index < -0.39 is 0 Å². The summed E-state index contributed by atoms with van der Waals surface area (Å²) < 4.78 is 1.10. The van der Waals surface area contributed by atoms with E-state index in [2.05, 4.69) is 48.0 Å². The molecule has 0 atom stereocenters. The Balaban J connectivity index is 3.11. The average molecular weight is 248 g/mol. The quantitative estimate of drug-likeness (QED) is 0.683. The Morgan fingerprint density at radius 2 is 2.08 bits per heavy atom. The van der Waals surface area contributed by atoms with Gasteiger partial charge in [0.25, 0.3) is 0 Å². The molecule has 12 heavy (non-hydrogen) atoms. The molecule has 1 aromatic rings. The summed E-state index contributed by atoms with van der Waals surface area (Å²) in [6.07, 6.45) is 0. The molecule has 0 nitrogen and oxygen atoms in total. The van der Waals surface area contributed by atoms with Gasteiger partial charge < -0.3 is 0 Å². The summed E-state index contributed by atoms with van der Waals surface area (Å²) in [4.78, 5) is 0. The third kappa shape index (κ3) is 2.24. The zero-order valence-corrected chi connectivity index (χ0v) is 9.61. The number of benzene rings is 1. The largest absolute Gasteiger partial charge is 0.122 e. The molecule has 0 radical (unpaired) electrons. The predicted octanol–water partition coefficient (Wildman–Crippen LogP) is 4.31. The summed E-state index contributed by atoms with van der Waals surface area (Å²) in [7, 11) is 0. The Kier molecular flexibility index (Phi) is 3.60. The monoisotopic (exact) mass is 246 g/mol. The molecule has 0 amide bonds. The van der Waals surface area contributed by atoms with Gasteiger partial charge in [-0.05, 0) is 29.2 Å². The lowest BCUT2D eigenvalue weighted by atomic mass is 9.98. The topological polar surface area (TPSA) is 0 Å². The van der Waals surface area contributed by atoms with E-state index in [1.807, 2.05) is 0 Å². The molecule has 2 heteroatoms.